The van der Waals surface area contributed by atoms with E-state index < -0.39 is 5.82 Å². The van der Waals surface area contributed by atoms with Crippen LogP contribution < -0.4 is 21.3 Å². The molecule has 0 bridgehead atoms. The molecule has 3 aromatic rings. The third-order valence-electron chi connectivity index (χ3n) is 8.96. The van der Waals surface area contributed by atoms with Gasteiger partial charge in [-0.1, -0.05) is 25.0 Å². The van der Waals surface area contributed by atoms with Crippen LogP contribution in [0, 0.1) is 5.82 Å². The van der Waals surface area contributed by atoms with Gasteiger partial charge in [-0.05, 0) is 94.3 Å². The topological polar surface area (TPSA) is 123 Å². The number of halogens is 1. The second-order valence-electron chi connectivity index (χ2n) is 12.7. The first-order valence-corrected chi connectivity index (χ1v) is 16.6. The van der Waals surface area contributed by atoms with E-state index in [4.69, 9.17) is 10.2 Å². The Kier molecular flexibility index (Phi) is 11.7. The molecule has 5 rings (SSSR count). The molecule has 12 heteroatoms. The minimum Gasteiger partial charge on any atom is -0.367 e. The minimum atomic E-state index is -0.409. The van der Waals surface area contributed by atoms with Crippen molar-refractivity contribution in [2.75, 3.05) is 64.8 Å². The number of nitrogens with one attached hydrogen (secondary N) is 2. The predicted octanol–water partition coefficient (Wildman–Crippen LogP) is 3.74. The molecule has 1 aromatic heterocycles. The summed E-state index contributed by atoms with van der Waals surface area (Å²) in [5, 5.41) is 11.8. The van der Waals surface area contributed by atoms with Crippen molar-refractivity contribution in [2.45, 2.75) is 51.5 Å². The number of anilines is 1. The molecule has 2 aliphatic heterocycles. The third kappa shape index (κ3) is 8.82. The molecule has 47 heavy (non-hydrogen) atoms. The van der Waals surface area contributed by atoms with Gasteiger partial charge in [0.2, 0.25) is 5.91 Å². The van der Waals surface area contributed by atoms with Gasteiger partial charge in [0, 0.05) is 51.3 Å². The first kappa shape index (κ1) is 34.2. The van der Waals surface area contributed by atoms with Crippen LogP contribution in [0.4, 0.5) is 10.1 Å². The average molecular weight is 648 g/mol. The Labute approximate surface area is 275 Å². The molecule has 2 amide bonds. The van der Waals surface area contributed by atoms with Crippen molar-refractivity contribution in [3.05, 3.63) is 69.5 Å². The fourth-order valence-corrected chi connectivity index (χ4v) is 6.28. The Hall–Kier alpha value is -4.13. The maximum atomic E-state index is 15.4. The van der Waals surface area contributed by atoms with E-state index in [0.717, 1.165) is 69.4 Å². The van der Waals surface area contributed by atoms with E-state index in [0.29, 0.717) is 61.6 Å². The zero-order valence-electron chi connectivity index (χ0n) is 27.4. The number of carbonyl (C=O) groups excluding carboxylic acids is 2. The highest BCUT2D eigenvalue weighted by molar-refractivity contribution is 5.94. The van der Waals surface area contributed by atoms with Gasteiger partial charge in [-0.15, -0.1) is 0 Å². The number of allylic oxidation sites excluding steroid dienone is 1. The monoisotopic (exact) mass is 647 g/mol. The molecule has 0 radical (unpaired) electrons. The molecule has 2 aliphatic rings. The third-order valence-corrected chi connectivity index (χ3v) is 8.96. The Morgan fingerprint density at radius 2 is 1.74 bits per heavy atom. The second kappa shape index (κ2) is 16.1. The van der Waals surface area contributed by atoms with E-state index in [9.17, 15) is 14.4 Å². The van der Waals surface area contributed by atoms with E-state index in [1.807, 2.05) is 37.2 Å². The molecular weight excluding hydrogens is 601 g/mol. The van der Waals surface area contributed by atoms with Crippen LogP contribution in [0.15, 0.2) is 41.2 Å². The summed E-state index contributed by atoms with van der Waals surface area (Å²) in [7, 11) is 4.01. The van der Waals surface area contributed by atoms with Gasteiger partial charge in [-0.3, -0.25) is 29.1 Å². The highest BCUT2D eigenvalue weighted by Gasteiger charge is 2.24. The van der Waals surface area contributed by atoms with Crippen molar-refractivity contribution in [1.82, 2.24) is 30.1 Å². The van der Waals surface area contributed by atoms with Crippen molar-refractivity contribution in [1.29, 1.82) is 0 Å². The van der Waals surface area contributed by atoms with Crippen LogP contribution in [0.5, 0.6) is 0 Å². The Morgan fingerprint density at radius 1 is 1.00 bits per heavy atom. The second-order valence-corrected chi connectivity index (χ2v) is 12.7. The Balaban J connectivity index is 1.22. The number of amides is 2. The lowest BCUT2D eigenvalue weighted by atomic mass is 10.1. The summed E-state index contributed by atoms with van der Waals surface area (Å²) < 4.78 is 17.0. The van der Waals surface area contributed by atoms with Gasteiger partial charge in [-0.2, -0.15) is 0 Å². The van der Waals surface area contributed by atoms with Gasteiger partial charge in [0.1, 0.15) is 11.6 Å². The van der Waals surface area contributed by atoms with Crippen LogP contribution in [0.3, 0.4) is 0 Å². The maximum Gasteiger partial charge on any atom is 0.261 e. The standard InChI is InChI=1S/C35H46FN7O4/c1-40(2)15-7-14-37-34(45)26-11-9-25(10-12-26)22-27-13-17-43-33(27)38-30-24-31(29(36)23-28(30)35(43)46)42-20-18-41(19-21-42)16-6-4-3-5-8-32(44)39-47/h9-12,22-24,47H,3-8,13-21H2,1-2H3,(H,37,45)(H,39,44). The molecule has 0 spiro atoms. The molecule has 11 nitrogen and oxygen atoms in total. The van der Waals surface area contributed by atoms with Crippen LogP contribution in [0.2, 0.25) is 0 Å². The van der Waals surface area contributed by atoms with Gasteiger partial charge in [-0.25, -0.2) is 14.9 Å². The summed E-state index contributed by atoms with van der Waals surface area (Å²) in [6, 6.07) is 10.5. The van der Waals surface area contributed by atoms with Crippen LogP contribution in [-0.2, 0) is 11.3 Å². The van der Waals surface area contributed by atoms with Crippen LogP contribution in [-0.4, -0.2) is 96.3 Å². The molecule has 0 aliphatic carbocycles. The summed E-state index contributed by atoms with van der Waals surface area (Å²) in [4.78, 5) is 48.4. The number of aromatic nitrogens is 2. The number of piperazine rings is 1. The minimum absolute atomic E-state index is 0.0997. The molecule has 1 saturated heterocycles. The van der Waals surface area contributed by atoms with E-state index >= 15 is 4.39 Å². The quantitative estimate of drug-likeness (QED) is 0.138. The summed E-state index contributed by atoms with van der Waals surface area (Å²) in [5.41, 5.74) is 4.83. The zero-order chi connectivity index (χ0) is 33.3. The molecule has 0 atom stereocenters. The number of rotatable bonds is 14. The van der Waals surface area contributed by atoms with Crippen molar-refractivity contribution in [3.63, 3.8) is 0 Å². The summed E-state index contributed by atoms with van der Waals surface area (Å²) in [6.45, 7) is 5.95. The maximum absolute atomic E-state index is 15.4. The lowest BCUT2D eigenvalue weighted by molar-refractivity contribution is -0.129. The first-order chi connectivity index (χ1) is 22.7. The molecule has 0 saturated carbocycles. The fourth-order valence-electron chi connectivity index (χ4n) is 6.28. The number of carbonyl (C=O) groups is 2. The number of benzene rings is 2. The molecule has 252 valence electrons. The summed E-state index contributed by atoms with van der Waals surface area (Å²) in [6.07, 6.45) is 7.59. The number of fused-ring (bicyclic) bond motifs is 2. The van der Waals surface area contributed by atoms with Crippen LogP contribution in [0.1, 0.15) is 66.7 Å². The van der Waals surface area contributed by atoms with Gasteiger partial charge in [0.05, 0.1) is 16.6 Å². The van der Waals surface area contributed by atoms with E-state index in [-0.39, 0.29) is 22.8 Å². The van der Waals surface area contributed by atoms with Crippen LogP contribution >= 0.6 is 0 Å². The highest BCUT2D eigenvalue weighted by atomic mass is 19.1. The van der Waals surface area contributed by atoms with Crippen molar-refractivity contribution in [2.24, 2.45) is 0 Å². The molecule has 3 N–H and O–H groups in total. The smallest absolute Gasteiger partial charge is 0.261 e. The summed E-state index contributed by atoms with van der Waals surface area (Å²) >= 11 is 0. The zero-order valence-corrected chi connectivity index (χ0v) is 27.4. The molecule has 0 unspecified atom stereocenters. The summed E-state index contributed by atoms with van der Waals surface area (Å²) in [5.74, 6) is -0.255. The number of hydroxylamine groups is 1. The van der Waals surface area contributed by atoms with Crippen molar-refractivity contribution >= 4 is 40.1 Å². The normalized spacial score (nSPS) is 15.9. The predicted molar refractivity (Wildman–Crippen MR) is 182 cm³/mol. The number of hydrogen-bond donors (Lipinski definition) is 3. The average Bonchev–Trinajstić information content (AvgIpc) is 3.47. The molecule has 3 heterocycles. The molecule has 1 fully saturated rings. The van der Waals surface area contributed by atoms with E-state index in [2.05, 4.69) is 15.1 Å². The Bertz CT molecular complexity index is 1650. The van der Waals surface area contributed by atoms with E-state index in [1.165, 1.54) is 6.07 Å². The van der Waals surface area contributed by atoms with Gasteiger partial charge >= 0.3 is 0 Å². The van der Waals surface area contributed by atoms with Gasteiger partial charge < -0.3 is 15.1 Å². The van der Waals surface area contributed by atoms with Gasteiger partial charge in [0.25, 0.3) is 11.5 Å². The van der Waals surface area contributed by atoms with Crippen molar-refractivity contribution in [3.8, 4) is 0 Å². The number of hydrogen-bond acceptors (Lipinski definition) is 8. The largest absolute Gasteiger partial charge is 0.367 e. The Morgan fingerprint density at radius 3 is 2.47 bits per heavy atom. The number of unbranched alkanes of at least 4 members (excludes halogenated alkanes) is 3. The van der Waals surface area contributed by atoms with Crippen LogP contribution in [0.25, 0.3) is 22.6 Å². The molecular formula is C35H46FN7O4. The first-order valence-electron chi connectivity index (χ1n) is 16.6. The van der Waals surface area contributed by atoms with Gasteiger partial charge in [0.15, 0.2) is 0 Å². The lowest BCUT2D eigenvalue weighted by Gasteiger charge is -2.36. The number of nitrogens with zero attached hydrogens (tertiary/aromatic N) is 5. The lowest BCUT2D eigenvalue weighted by Crippen LogP contribution is -2.47. The van der Waals surface area contributed by atoms with E-state index in [1.54, 1.807) is 28.2 Å². The highest BCUT2D eigenvalue weighted by Crippen LogP contribution is 2.30. The molecule has 2 aromatic carbocycles. The fraction of sp³-hybridized carbons (Fsp3) is 0.486. The SMILES string of the molecule is CN(C)CCCNC(=O)c1ccc(C=C2CCn3c2nc2cc(N4CCN(CCCCCCC(=O)NO)CC4)c(F)cc2c3=O)cc1. The van der Waals surface area contributed by atoms with Crippen molar-refractivity contribution < 1.29 is 19.2 Å².